The van der Waals surface area contributed by atoms with Crippen LogP contribution in [0.15, 0.2) is 0 Å². The van der Waals surface area contributed by atoms with Crippen LogP contribution < -0.4 is 0 Å². The van der Waals surface area contributed by atoms with Gasteiger partial charge in [-0.05, 0) is 32.2 Å². The van der Waals surface area contributed by atoms with Gasteiger partial charge in [0.1, 0.15) is 0 Å². The van der Waals surface area contributed by atoms with Crippen molar-refractivity contribution >= 4 is 0 Å². The summed E-state index contributed by atoms with van der Waals surface area (Å²) in [6.07, 6.45) is 7.81. The Bertz CT molecular complexity index is 201. The molecular weight excluding hydrogens is 186 g/mol. The van der Waals surface area contributed by atoms with Crippen LogP contribution >= 0.6 is 0 Å². The van der Waals surface area contributed by atoms with E-state index in [1.807, 2.05) is 0 Å². The van der Waals surface area contributed by atoms with Crippen LogP contribution in [0.5, 0.6) is 0 Å². The minimum absolute atomic E-state index is 0.410. The third-order valence-electron chi connectivity index (χ3n) is 4.22. The Balaban J connectivity index is 2.01. The van der Waals surface area contributed by atoms with Gasteiger partial charge in [-0.15, -0.1) is 0 Å². The van der Waals surface area contributed by atoms with Crippen LogP contribution in [0.1, 0.15) is 46.0 Å². The highest BCUT2D eigenvalue weighted by atomic mass is 16.5. The highest BCUT2D eigenvalue weighted by Gasteiger charge is 2.39. The summed E-state index contributed by atoms with van der Waals surface area (Å²) in [5, 5.41) is 0. The van der Waals surface area contributed by atoms with Crippen molar-refractivity contribution in [3.05, 3.63) is 0 Å². The van der Waals surface area contributed by atoms with E-state index in [2.05, 4.69) is 25.8 Å². The van der Waals surface area contributed by atoms with Crippen LogP contribution in [-0.2, 0) is 4.74 Å². The molecule has 88 valence electrons. The highest BCUT2D eigenvalue weighted by Crippen LogP contribution is 2.41. The summed E-state index contributed by atoms with van der Waals surface area (Å²) in [5.41, 5.74) is 0.446. The molecule has 2 fully saturated rings. The maximum Gasteiger partial charge on any atom is 0.0759 e. The Kier molecular flexibility index (Phi) is 3.36. The monoisotopic (exact) mass is 211 g/mol. The standard InChI is InChI=1S/C13H25NO/c1-11-9-14(3)10-12(15-11)13(2)7-5-4-6-8-13/h11-12H,4-10H2,1-3H3. The Morgan fingerprint density at radius 1 is 1.13 bits per heavy atom. The summed E-state index contributed by atoms with van der Waals surface area (Å²) in [5.74, 6) is 0. The van der Waals surface area contributed by atoms with E-state index in [1.54, 1.807) is 0 Å². The number of hydrogen-bond donors (Lipinski definition) is 0. The van der Waals surface area contributed by atoms with E-state index in [0.29, 0.717) is 17.6 Å². The molecule has 0 bridgehead atoms. The average Bonchev–Trinajstić information content (AvgIpc) is 2.17. The molecule has 1 saturated carbocycles. The van der Waals surface area contributed by atoms with Gasteiger partial charge in [-0.25, -0.2) is 0 Å². The number of rotatable bonds is 1. The molecule has 1 heterocycles. The summed E-state index contributed by atoms with van der Waals surface area (Å²) in [6.45, 7) is 6.85. The van der Waals surface area contributed by atoms with Crippen molar-refractivity contribution < 1.29 is 4.74 Å². The molecule has 0 amide bonds. The topological polar surface area (TPSA) is 12.5 Å². The first-order valence-electron chi connectivity index (χ1n) is 6.44. The SMILES string of the molecule is CC1CN(C)CC(C2(C)CCCCC2)O1. The van der Waals surface area contributed by atoms with Gasteiger partial charge in [-0.1, -0.05) is 26.2 Å². The summed E-state index contributed by atoms with van der Waals surface area (Å²) in [7, 11) is 2.22. The fourth-order valence-electron chi connectivity index (χ4n) is 3.23. The molecule has 2 aliphatic rings. The molecule has 0 N–H and O–H groups in total. The fourth-order valence-corrected chi connectivity index (χ4v) is 3.23. The summed E-state index contributed by atoms with van der Waals surface area (Å²) in [4.78, 5) is 2.43. The van der Waals surface area contributed by atoms with Crippen molar-refractivity contribution in [3.63, 3.8) is 0 Å². The molecular formula is C13H25NO. The number of ether oxygens (including phenoxy) is 1. The lowest BCUT2D eigenvalue weighted by molar-refractivity contribution is -0.132. The molecule has 2 heteroatoms. The number of hydrogen-bond acceptors (Lipinski definition) is 2. The largest absolute Gasteiger partial charge is 0.372 e. The maximum absolute atomic E-state index is 6.16. The molecule has 1 saturated heterocycles. The molecule has 15 heavy (non-hydrogen) atoms. The van der Waals surface area contributed by atoms with E-state index in [-0.39, 0.29) is 0 Å². The van der Waals surface area contributed by atoms with E-state index in [4.69, 9.17) is 4.74 Å². The Labute approximate surface area is 94.0 Å². The van der Waals surface area contributed by atoms with Gasteiger partial charge in [-0.2, -0.15) is 0 Å². The average molecular weight is 211 g/mol. The smallest absolute Gasteiger partial charge is 0.0759 e. The minimum Gasteiger partial charge on any atom is -0.372 e. The third kappa shape index (κ3) is 2.54. The van der Waals surface area contributed by atoms with Crippen molar-refractivity contribution in [1.82, 2.24) is 4.90 Å². The van der Waals surface area contributed by atoms with E-state index >= 15 is 0 Å². The van der Waals surface area contributed by atoms with Gasteiger partial charge < -0.3 is 9.64 Å². The first-order chi connectivity index (χ1) is 7.10. The van der Waals surface area contributed by atoms with E-state index in [0.717, 1.165) is 13.1 Å². The van der Waals surface area contributed by atoms with Crippen LogP contribution in [0, 0.1) is 5.41 Å². The molecule has 1 aliphatic heterocycles. The summed E-state index contributed by atoms with van der Waals surface area (Å²) in [6, 6.07) is 0. The predicted molar refractivity (Wildman–Crippen MR) is 63.0 cm³/mol. The molecule has 0 radical (unpaired) electrons. The van der Waals surface area contributed by atoms with Crippen LogP contribution in [0.4, 0.5) is 0 Å². The third-order valence-corrected chi connectivity index (χ3v) is 4.22. The number of morpholine rings is 1. The van der Waals surface area contributed by atoms with Crippen molar-refractivity contribution in [2.24, 2.45) is 5.41 Å². The van der Waals surface area contributed by atoms with Crippen LogP contribution in [0.2, 0.25) is 0 Å². The fraction of sp³-hybridized carbons (Fsp3) is 1.00. The lowest BCUT2D eigenvalue weighted by Crippen LogP contribution is -2.51. The Morgan fingerprint density at radius 3 is 2.40 bits per heavy atom. The molecule has 0 spiro atoms. The van der Waals surface area contributed by atoms with Gasteiger partial charge in [0.15, 0.2) is 0 Å². The molecule has 2 rings (SSSR count). The maximum atomic E-state index is 6.16. The second kappa shape index (κ2) is 4.42. The van der Waals surface area contributed by atoms with Crippen molar-refractivity contribution in [2.45, 2.75) is 58.2 Å². The first-order valence-corrected chi connectivity index (χ1v) is 6.44. The predicted octanol–water partition coefficient (Wildman–Crippen LogP) is 2.68. The van der Waals surface area contributed by atoms with Gasteiger partial charge >= 0.3 is 0 Å². The second-order valence-electron chi connectivity index (χ2n) is 5.87. The minimum atomic E-state index is 0.410. The lowest BCUT2D eigenvalue weighted by atomic mass is 9.71. The number of likely N-dealkylation sites (N-methyl/N-ethyl adjacent to an activating group) is 1. The zero-order chi connectivity index (χ0) is 10.9. The van der Waals surface area contributed by atoms with Gasteiger partial charge in [-0.3, -0.25) is 0 Å². The molecule has 2 unspecified atom stereocenters. The summed E-state index contributed by atoms with van der Waals surface area (Å²) >= 11 is 0. The van der Waals surface area contributed by atoms with Crippen LogP contribution in [0.25, 0.3) is 0 Å². The normalized spacial score (nSPS) is 37.8. The second-order valence-corrected chi connectivity index (χ2v) is 5.87. The highest BCUT2D eigenvalue weighted by molar-refractivity contribution is 4.90. The van der Waals surface area contributed by atoms with Gasteiger partial charge in [0.25, 0.3) is 0 Å². The van der Waals surface area contributed by atoms with Crippen LogP contribution in [-0.4, -0.2) is 37.2 Å². The quantitative estimate of drug-likeness (QED) is 0.661. The molecule has 0 aromatic heterocycles. The summed E-state index contributed by atoms with van der Waals surface area (Å²) < 4.78 is 6.16. The Hall–Kier alpha value is -0.0800. The molecule has 1 aliphatic carbocycles. The van der Waals surface area contributed by atoms with Crippen LogP contribution in [0.3, 0.4) is 0 Å². The van der Waals surface area contributed by atoms with Gasteiger partial charge in [0, 0.05) is 13.1 Å². The van der Waals surface area contributed by atoms with Crippen molar-refractivity contribution in [2.75, 3.05) is 20.1 Å². The van der Waals surface area contributed by atoms with Gasteiger partial charge in [0.2, 0.25) is 0 Å². The zero-order valence-corrected chi connectivity index (χ0v) is 10.5. The first kappa shape index (κ1) is 11.4. The molecule has 2 atom stereocenters. The molecule has 0 aromatic rings. The van der Waals surface area contributed by atoms with E-state index in [1.165, 1.54) is 32.1 Å². The van der Waals surface area contributed by atoms with E-state index < -0.39 is 0 Å². The number of nitrogens with zero attached hydrogens (tertiary/aromatic N) is 1. The Morgan fingerprint density at radius 2 is 1.80 bits per heavy atom. The van der Waals surface area contributed by atoms with Crippen molar-refractivity contribution in [1.29, 1.82) is 0 Å². The van der Waals surface area contributed by atoms with E-state index in [9.17, 15) is 0 Å². The lowest BCUT2D eigenvalue weighted by Gasteiger charge is -2.46. The zero-order valence-electron chi connectivity index (χ0n) is 10.5. The van der Waals surface area contributed by atoms with Crippen molar-refractivity contribution in [3.8, 4) is 0 Å². The molecule has 0 aromatic carbocycles. The van der Waals surface area contributed by atoms with Gasteiger partial charge in [0.05, 0.1) is 12.2 Å². The molecule has 2 nitrogen and oxygen atoms in total.